The average Bonchev–Trinajstić information content (AvgIpc) is 3.28. The number of hydrogen-bond donors (Lipinski definition) is 2. The number of nitrogens with one attached hydrogen (secondary N) is 2. The van der Waals surface area contributed by atoms with E-state index in [1.165, 1.54) is 37.0 Å². The number of aromatic nitrogens is 3. The number of rotatable bonds is 8. The van der Waals surface area contributed by atoms with E-state index >= 15 is 0 Å². The van der Waals surface area contributed by atoms with Crippen LogP contribution < -0.4 is 9.62 Å². The van der Waals surface area contributed by atoms with E-state index in [-0.39, 0.29) is 10.7 Å². The number of anilines is 1. The lowest BCUT2D eigenvalue weighted by Crippen LogP contribution is -2.36. The third kappa shape index (κ3) is 5.10. The summed E-state index contributed by atoms with van der Waals surface area (Å²) in [5.41, 5.74) is 2.33. The molecule has 5 nitrogen and oxygen atoms in total. The summed E-state index contributed by atoms with van der Waals surface area (Å²) in [7, 11) is 2.40. The first-order valence-electron chi connectivity index (χ1n) is 11.0. The molecule has 6 heteroatoms. The molecule has 2 N–H and O–H groups in total. The first-order valence-corrected chi connectivity index (χ1v) is 12.5. The molecule has 0 radical (unpaired) electrons. The molecule has 0 spiro atoms. The van der Waals surface area contributed by atoms with E-state index in [1.54, 1.807) is 6.33 Å². The van der Waals surface area contributed by atoms with Crippen molar-refractivity contribution < 1.29 is 0 Å². The molecule has 1 aromatic carbocycles. The molecule has 0 amide bonds. The van der Waals surface area contributed by atoms with Gasteiger partial charge in [0.25, 0.3) is 0 Å². The molecule has 0 aliphatic heterocycles. The summed E-state index contributed by atoms with van der Waals surface area (Å²) in [6.07, 6.45) is 9.79. The lowest BCUT2D eigenvalue weighted by atomic mass is 9.86. The Morgan fingerprint density at radius 2 is 1.93 bits per heavy atom. The summed E-state index contributed by atoms with van der Waals surface area (Å²) in [5.74, 6) is 3.14. The van der Waals surface area contributed by atoms with Crippen LogP contribution in [-0.4, -0.2) is 45.7 Å². The van der Waals surface area contributed by atoms with Crippen molar-refractivity contribution >= 4 is 32.9 Å². The van der Waals surface area contributed by atoms with Crippen LogP contribution in [-0.2, 0) is 6.42 Å². The molecule has 1 aliphatic carbocycles. The minimum Gasteiger partial charge on any atom is -0.356 e. The lowest BCUT2D eigenvalue weighted by Gasteiger charge is -2.36. The second kappa shape index (κ2) is 10.2. The van der Waals surface area contributed by atoms with E-state index < -0.39 is 0 Å². The van der Waals surface area contributed by atoms with Gasteiger partial charge in [-0.05, 0) is 56.6 Å². The van der Waals surface area contributed by atoms with E-state index in [0.29, 0.717) is 6.04 Å². The second-order valence-electron chi connectivity index (χ2n) is 8.18. The van der Waals surface area contributed by atoms with Gasteiger partial charge in [-0.3, -0.25) is 4.72 Å². The average molecular weight is 424 g/mol. The topological polar surface area (TPSA) is 56.8 Å². The highest BCUT2D eigenvalue weighted by molar-refractivity contribution is 8.13. The Hall–Kier alpha value is -2.18. The quantitative estimate of drug-likeness (QED) is 0.512. The normalized spacial score (nSPS) is 20.5. The summed E-state index contributed by atoms with van der Waals surface area (Å²) in [4.78, 5) is 14.5. The molecule has 30 heavy (non-hydrogen) atoms. The van der Waals surface area contributed by atoms with Crippen LogP contribution in [0.1, 0.15) is 38.2 Å². The van der Waals surface area contributed by atoms with Crippen molar-refractivity contribution in [2.45, 2.75) is 45.1 Å². The maximum atomic E-state index is 4.57. The predicted molar refractivity (Wildman–Crippen MR) is 130 cm³/mol. The van der Waals surface area contributed by atoms with Crippen molar-refractivity contribution in [3.8, 4) is 0 Å². The minimum absolute atomic E-state index is 0.213. The van der Waals surface area contributed by atoms with E-state index in [4.69, 9.17) is 0 Å². The first-order chi connectivity index (χ1) is 14.7. The van der Waals surface area contributed by atoms with Gasteiger partial charge >= 0.3 is 0 Å². The number of aromatic amines is 1. The second-order valence-corrected chi connectivity index (χ2v) is 10.1. The van der Waals surface area contributed by atoms with Crippen molar-refractivity contribution in [1.82, 2.24) is 19.7 Å². The molecule has 1 fully saturated rings. The van der Waals surface area contributed by atoms with Gasteiger partial charge in [-0.1, -0.05) is 35.7 Å². The molecule has 3 aromatic rings. The van der Waals surface area contributed by atoms with Gasteiger partial charge in [-0.15, -0.1) is 10.7 Å². The lowest BCUT2D eigenvalue weighted by molar-refractivity contribution is 0.344. The zero-order valence-electron chi connectivity index (χ0n) is 18.1. The molecule has 4 rings (SSSR count). The standard InChI is InChI=1S/C24H33N5S/c1-3-30(28-16-13-19-7-5-4-6-8-19)17-20-9-11-21(12-10-20)29(2)24-22-14-15-25-23(22)26-18-27-24/h3-8,14-15,18,20-21,28H,9-13,16-17H2,1-2H3,(H,25,26,27). The van der Waals surface area contributed by atoms with Crippen LogP contribution in [0.4, 0.5) is 5.82 Å². The fourth-order valence-electron chi connectivity index (χ4n) is 4.48. The monoisotopic (exact) mass is 423 g/mol. The zero-order chi connectivity index (χ0) is 20.8. The first kappa shape index (κ1) is 21.1. The smallest absolute Gasteiger partial charge is 0.142 e. The van der Waals surface area contributed by atoms with Gasteiger partial charge in [-0.25, -0.2) is 9.97 Å². The molecule has 2 aromatic heterocycles. The maximum Gasteiger partial charge on any atom is 0.142 e. The Morgan fingerprint density at radius 1 is 1.13 bits per heavy atom. The summed E-state index contributed by atoms with van der Waals surface area (Å²) < 4.78 is 3.78. The number of hydrogen-bond acceptors (Lipinski definition) is 4. The Bertz CT molecular complexity index is 960. The van der Waals surface area contributed by atoms with Crippen molar-refractivity contribution in [2.75, 3.05) is 24.2 Å². The van der Waals surface area contributed by atoms with Crippen molar-refractivity contribution in [3.05, 3.63) is 54.5 Å². The van der Waals surface area contributed by atoms with Crippen molar-refractivity contribution in [2.24, 2.45) is 5.92 Å². The Balaban J connectivity index is 1.26. The van der Waals surface area contributed by atoms with Gasteiger partial charge in [0.2, 0.25) is 0 Å². The van der Waals surface area contributed by atoms with Crippen LogP contribution in [0.25, 0.3) is 11.0 Å². The predicted octanol–water partition coefficient (Wildman–Crippen LogP) is 4.79. The van der Waals surface area contributed by atoms with E-state index in [0.717, 1.165) is 35.7 Å². The number of H-pyrrole nitrogens is 1. The van der Waals surface area contributed by atoms with Gasteiger partial charge in [-0.2, -0.15) is 0 Å². The molecular weight excluding hydrogens is 390 g/mol. The maximum absolute atomic E-state index is 4.57. The van der Waals surface area contributed by atoms with Gasteiger partial charge < -0.3 is 9.88 Å². The molecular formula is C24H33N5S. The fraction of sp³-hybridized carbons (Fsp3) is 0.458. The molecule has 160 valence electrons. The highest BCUT2D eigenvalue weighted by atomic mass is 32.2. The van der Waals surface area contributed by atoms with Crippen LogP contribution >= 0.6 is 10.7 Å². The van der Waals surface area contributed by atoms with Crippen LogP contribution in [0.3, 0.4) is 0 Å². The van der Waals surface area contributed by atoms with Gasteiger partial charge in [0.05, 0.1) is 5.39 Å². The van der Waals surface area contributed by atoms with E-state index in [1.807, 2.05) is 6.20 Å². The van der Waals surface area contributed by atoms with E-state index in [2.05, 4.69) is 80.3 Å². The van der Waals surface area contributed by atoms with Crippen LogP contribution in [0, 0.1) is 5.92 Å². The molecule has 1 unspecified atom stereocenters. The van der Waals surface area contributed by atoms with Gasteiger partial charge in [0, 0.05) is 31.6 Å². The third-order valence-electron chi connectivity index (χ3n) is 6.27. The SMILES string of the molecule is C/C=S(\CC1CCC(N(C)c2ncnc3[nH]ccc23)CC1)NCCc1ccccc1. The largest absolute Gasteiger partial charge is 0.356 e. The molecule has 1 saturated carbocycles. The fourth-order valence-corrected chi connectivity index (χ4v) is 6.16. The Morgan fingerprint density at radius 3 is 2.70 bits per heavy atom. The van der Waals surface area contributed by atoms with Crippen LogP contribution in [0.2, 0.25) is 0 Å². The highest BCUT2D eigenvalue weighted by Gasteiger charge is 2.26. The third-order valence-corrected chi connectivity index (χ3v) is 8.25. The molecule has 1 atom stereocenters. The van der Waals surface area contributed by atoms with E-state index in [9.17, 15) is 0 Å². The van der Waals surface area contributed by atoms with Crippen molar-refractivity contribution in [1.29, 1.82) is 0 Å². The summed E-state index contributed by atoms with van der Waals surface area (Å²) >= 11 is 0. The Kier molecular flexibility index (Phi) is 7.18. The van der Waals surface area contributed by atoms with Gasteiger partial charge in [0.1, 0.15) is 17.8 Å². The van der Waals surface area contributed by atoms with Crippen LogP contribution in [0.15, 0.2) is 48.9 Å². The van der Waals surface area contributed by atoms with Crippen LogP contribution in [0.5, 0.6) is 0 Å². The molecule has 2 heterocycles. The van der Waals surface area contributed by atoms with Crippen molar-refractivity contribution in [3.63, 3.8) is 0 Å². The molecule has 0 bridgehead atoms. The molecule has 0 saturated heterocycles. The summed E-state index contributed by atoms with van der Waals surface area (Å²) in [5, 5.41) is 3.49. The number of nitrogens with zero attached hydrogens (tertiary/aromatic N) is 3. The van der Waals surface area contributed by atoms with Gasteiger partial charge in [0.15, 0.2) is 0 Å². The molecule has 1 aliphatic rings. The number of fused-ring (bicyclic) bond motifs is 1. The number of benzene rings is 1. The summed E-state index contributed by atoms with van der Waals surface area (Å²) in [6.45, 7) is 3.26. The Labute approximate surface area is 182 Å². The zero-order valence-corrected chi connectivity index (χ0v) is 18.9. The summed E-state index contributed by atoms with van der Waals surface area (Å²) in [6, 6.07) is 13.4. The highest BCUT2D eigenvalue weighted by Crippen LogP contribution is 2.33. The minimum atomic E-state index is 0.213.